The molecule has 6 heteroatoms. The predicted octanol–water partition coefficient (Wildman–Crippen LogP) is 3.93. The summed E-state index contributed by atoms with van der Waals surface area (Å²) in [6, 6.07) is 11.6. The van der Waals surface area contributed by atoms with Gasteiger partial charge in [-0.3, -0.25) is 10.1 Å². The molecule has 0 amide bonds. The van der Waals surface area contributed by atoms with Crippen LogP contribution in [0.1, 0.15) is 12.0 Å². The minimum atomic E-state index is -0.447. The summed E-state index contributed by atoms with van der Waals surface area (Å²) >= 11 is 5.79. The van der Waals surface area contributed by atoms with Gasteiger partial charge < -0.3 is 10.5 Å². The number of nitrogens with zero attached hydrogens (tertiary/aromatic N) is 1. The van der Waals surface area contributed by atoms with Crippen molar-refractivity contribution in [1.82, 2.24) is 0 Å². The highest BCUT2D eigenvalue weighted by molar-refractivity contribution is 6.30. The number of benzene rings is 2. The van der Waals surface area contributed by atoms with Gasteiger partial charge in [-0.2, -0.15) is 0 Å². The van der Waals surface area contributed by atoms with Crippen LogP contribution in [0.15, 0.2) is 42.5 Å². The first kappa shape index (κ1) is 15.3. The van der Waals surface area contributed by atoms with Crippen LogP contribution in [-0.4, -0.2) is 11.5 Å². The van der Waals surface area contributed by atoms with E-state index in [4.69, 9.17) is 22.1 Å². The smallest absolute Gasteiger partial charge is 0.311 e. The summed E-state index contributed by atoms with van der Waals surface area (Å²) in [7, 11) is 0. The SMILES string of the molecule is NCCCc1ccc(Oc2ccc(Cl)cc2)c([N+](=O)[O-])c1. The zero-order valence-electron chi connectivity index (χ0n) is 11.3. The molecule has 0 aromatic heterocycles. The van der Waals surface area contributed by atoms with Crippen LogP contribution in [-0.2, 0) is 6.42 Å². The molecule has 110 valence electrons. The second-order valence-corrected chi connectivity index (χ2v) is 4.94. The minimum absolute atomic E-state index is 0.0560. The van der Waals surface area contributed by atoms with Crippen molar-refractivity contribution in [2.24, 2.45) is 5.73 Å². The molecule has 0 aliphatic heterocycles. The van der Waals surface area contributed by atoms with Crippen LogP contribution in [0, 0.1) is 10.1 Å². The van der Waals surface area contributed by atoms with Gasteiger partial charge in [0.25, 0.3) is 0 Å². The zero-order chi connectivity index (χ0) is 15.2. The molecule has 0 saturated carbocycles. The molecule has 5 nitrogen and oxygen atoms in total. The van der Waals surface area contributed by atoms with Gasteiger partial charge in [0.2, 0.25) is 5.75 Å². The van der Waals surface area contributed by atoms with E-state index in [0.717, 1.165) is 12.0 Å². The van der Waals surface area contributed by atoms with Crippen molar-refractivity contribution in [3.8, 4) is 11.5 Å². The Hall–Kier alpha value is -2.11. The molecule has 21 heavy (non-hydrogen) atoms. The standard InChI is InChI=1S/C15H15ClN2O3/c16-12-4-6-13(7-5-12)21-15-8-3-11(2-1-9-17)10-14(15)18(19)20/h3-8,10H,1-2,9,17H2. The third-order valence-corrected chi connectivity index (χ3v) is 3.18. The maximum absolute atomic E-state index is 11.2. The highest BCUT2D eigenvalue weighted by Gasteiger charge is 2.16. The van der Waals surface area contributed by atoms with Crippen LogP contribution in [0.5, 0.6) is 11.5 Å². The normalized spacial score (nSPS) is 10.4. The van der Waals surface area contributed by atoms with E-state index in [1.54, 1.807) is 30.3 Å². The predicted molar refractivity (Wildman–Crippen MR) is 82.0 cm³/mol. The van der Waals surface area contributed by atoms with Crippen LogP contribution in [0.25, 0.3) is 0 Å². The van der Waals surface area contributed by atoms with E-state index in [1.165, 1.54) is 6.07 Å². The first-order valence-corrected chi connectivity index (χ1v) is 6.89. The van der Waals surface area contributed by atoms with Crippen LogP contribution in [0.4, 0.5) is 5.69 Å². The average molecular weight is 307 g/mol. The molecule has 0 atom stereocenters. The summed E-state index contributed by atoms with van der Waals surface area (Å²) in [4.78, 5) is 10.7. The Kier molecular flexibility index (Phi) is 5.14. The van der Waals surface area contributed by atoms with Crippen molar-refractivity contribution >= 4 is 17.3 Å². The number of nitro groups is 1. The third kappa shape index (κ3) is 4.18. The Balaban J connectivity index is 2.25. The average Bonchev–Trinajstić information content (AvgIpc) is 2.48. The Bertz CT molecular complexity index is 629. The van der Waals surface area contributed by atoms with Gasteiger partial charge in [0.1, 0.15) is 5.75 Å². The quantitative estimate of drug-likeness (QED) is 0.648. The highest BCUT2D eigenvalue weighted by atomic mass is 35.5. The van der Waals surface area contributed by atoms with Gasteiger partial charge in [-0.25, -0.2) is 0 Å². The maximum Gasteiger partial charge on any atom is 0.311 e. The van der Waals surface area contributed by atoms with E-state index in [9.17, 15) is 10.1 Å². The number of nitro benzene ring substituents is 1. The zero-order valence-corrected chi connectivity index (χ0v) is 12.0. The lowest BCUT2D eigenvalue weighted by molar-refractivity contribution is -0.385. The molecule has 0 heterocycles. The molecule has 0 bridgehead atoms. The van der Waals surface area contributed by atoms with E-state index in [0.29, 0.717) is 23.7 Å². The highest BCUT2D eigenvalue weighted by Crippen LogP contribution is 2.32. The fourth-order valence-electron chi connectivity index (χ4n) is 1.88. The number of ether oxygens (including phenoxy) is 1. The van der Waals surface area contributed by atoms with Gasteiger partial charge in [0.15, 0.2) is 0 Å². The second-order valence-electron chi connectivity index (χ2n) is 4.51. The summed E-state index contributed by atoms with van der Waals surface area (Å²) in [5.41, 5.74) is 6.26. The van der Waals surface area contributed by atoms with Crippen LogP contribution in [0.2, 0.25) is 5.02 Å². The summed E-state index contributed by atoms with van der Waals surface area (Å²) in [5, 5.41) is 11.7. The molecular formula is C15H15ClN2O3. The van der Waals surface area contributed by atoms with Crippen molar-refractivity contribution in [2.75, 3.05) is 6.54 Å². The Labute approximate surface area is 127 Å². The van der Waals surface area contributed by atoms with Gasteiger partial charge in [0.05, 0.1) is 4.92 Å². The van der Waals surface area contributed by atoms with E-state index in [-0.39, 0.29) is 11.4 Å². The van der Waals surface area contributed by atoms with Crippen molar-refractivity contribution in [1.29, 1.82) is 0 Å². The molecule has 2 N–H and O–H groups in total. The summed E-state index contributed by atoms with van der Waals surface area (Å²) < 4.78 is 5.56. The van der Waals surface area contributed by atoms with E-state index < -0.39 is 4.92 Å². The molecule has 0 aliphatic carbocycles. The number of halogens is 1. The first-order chi connectivity index (χ1) is 10.1. The van der Waals surface area contributed by atoms with Crippen molar-refractivity contribution in [3.63, 3.8) is 0 Å². The van der Waals surface area contributed by atoms with Gasteiger partial charge in [-0.15, -0.1) is 0 Å². The molecule has 0 unspecified atom stereocenters. The lowest BCUT2D eigenvalue weighted by Gasteiger charge is -2.08. The molecule has 0 saturated heterocycles. The topological polar surface area (TPSA) is 78.4 Å². The van der Waals surface area contributed by atoms with Crippen LogP contribution >= 0.6 is 11.6 Å². The Morgan fingerprint density at radius 3 is 2.52 bits per heavy atom. The second kappa shape index (κ2) is 7.06. The molecule has 0 radical (unpaired) electrons. The molecule has 0 aliphatic rings. The minimum Gasteiger partial charge on any atom is -0.450 e. The van der Waals surface area contributed by atoms with E-state index in [1.807, 2.05) is 6.07 Å². The maximum atomic E-state index is 11.2. The molecule has 2 rings (SSSR count). The summed E-state index contributed by atoms with van der Waals surface area (Å²) in [5.74, 6) is 0.705. The van der Waals surface area contributed by atoms with Crippen molar-refractivity contribution in [3.05, 3.63) is 63.2 Å². The number of hydrogen-bond acceptors (Lipinski definition) is 4. The molecular weight excluding hydrogens is 292 g/mol. The van der Waals surface area contributed by atoms with Gasteiger partial charge in [0, 0.05) is 11.1 Å². The lowest BCUT2D eigenvalue weighted by atomic mass is 10.1. The summed E-state index contributed by atoms with van der Waals surface area (Å²) in [6.07, 6.45) is 1.49. The number of rotatable bonds is 6. The van der Waals surface area contributed by atoms with Crippen molar-refractivity contribution < 1.29 is 9.66 Å². The number of hydrogen-bond donors (Lipinski definition) is 1. The van der Waals surface area contributed by atoms with Crippen LogP contribution in [0.3, 0.4) is 0 Å². The molecule has 2 aromatic rings. The number of aryl methyl sites for hydroxylation is 1. The first-order valence-electron chi connectivity index (χ1n) is 6.51. The summed E-state index contributed by atoms with van der Waals surface area (Å²) in [6.45, 7) is 0.552. The lowest BCUT2D eigenvalue weighted by Crippen LogP contribution is -2.01. The van der Waals surface area contributed by atoms with E-state index in [2.05, 4.69) is 0 Å². The van der Waals surface area contributed by atoms with E-state index >= 15 is 0 Å². The Morgan fingerprint density at radius 1 is 1.19 bits per heavy atom. The van der Waals surface area contributed by atoms with Crippen molar-refractivity contribution in [2.45, 2.75) is 12.8 Å². The molecule has 0 fully saturated rings. The fraction of sp³-hybridized carbons (Fsp3) is 0.200. The van der Waals surface area contributed by atoms with Crippen LogP contribution < -0.4 is 10.5 Å². The Morgan fingerprint density at radius 2 is 1.90 bits per heavy atom. The van der Waals surface area contributed by atoms with Gasteiger partial charge in [-0.05, 0) is 55.3 Å². The third-order valence-electron chi connectivity index (χ3n) is 2.93. The number of nitrogens with two attached hydrogens (primary N) is 1. The molecule has 0 spiro atoms. The van der Waals surface area contributed by atoms with Gasteiger partial charge in [-0.1, -0.05) is 17.7 Å². The molecule has 2 aromatic carbocycles. The fourth-order valence-corrected chi connectivity index (χ4v) is 2.01. The van der Waals surface area contributed by atoms with Gasteiger partial charge >= 0.3 is 5.69 Å². The monoisotopic (exact) mass is 306 g/mol. The largest absolute Gasteiger partial charge is 0.450 e.